The van der Waals surface area contributed by atoms with Gasteiger partial charge in [0, 0.05) is 19.1 Å². The molecule has 1 saturated carbocycles. The zero-order valence-electron chi connectivity index (χ0n) is 10.1. The molecule has 2 fully saturated rings. The summed E-state index contributed by atoms with van der Waals surface area (Å²) in [6.07, 6.45) is 9.84. The van der Waals surface area contributed by atoms with Crippen molar-refractivity contribution in [3.63, 3.8) is 0 Å². The highest BCUT2D eigenvalue weighted by Gasteiger charge is 2.39. The van der Waals surface area contributed by atoms with Gasteiger partial charge in [0.25, 0.3) is 0 Å². The summed E-state index contributed by atoms with van der Waals surface area (Å²) in [5, 5.41) is 7.32. The summed E-state index contributed by atoms with van der Waals surface area (Å²) in [6.45, 7) is 5.99. The minimum Gasteiger partial charge on any atom is -0.315 e. The van der Waals surface area contributed by atoms with E-state index in [1.807, 2.05) is 0 Å². The second-order valence-corrected chi connectivity index (χ2v) is 5.48. The Hall–Kier alpha value is -0.0800. The summed E-state index contributed by atoms with van der Waals surface area (Å²) >= 11 is 0. The third kappa shape index (κ3) is 3.46. The summed E-state index contributed by atoms with van der Waals surface area (Å²) < 4.78 is 0. The summed E-state index contributed by atoms with van der Waals surface area (Å²) in [4.78, 5) is 0. The van der Waals surface area contributed by atoms with Gasteiger partial charge in [-0.1, -0.05) is 19.8 Å². The van der Waals surface area contributed by atoms with Gasteiger partial charge < -0.3 is 10.6 Å². The van der Waals surface area contributed by atoms with Crippen LogP contribution in [0.25, 0.3) is 0 Å². The van der Waals surface area contributed by atoms with Gasteiger partial charge >= 0.3 is 0 Å². The summed E-state index contributed by atoms with van der Waals surface area (Å²) in [7, 11) is 0. The molecule has 1 heterocycles. The van der Waals surface area contributed by atoms with Crippen LogP contribution in [0.2, 0.25) is 0 Å². The topological polar surface area (TPSA) is 24.1 Å². The molecule has 88 valence electrons. The van der Waals surface area contributed by atoms with Crippen molar-refractivity contribution in [2.75, 3.05) is 19.6 Å². The van der Waals surface area contributed by atoms with Gasteiger partial charge in [0.05, 0.1) is 0 Å². The highest BCUT2D eigenvalue weighted by atomic mass is 15.0. The fraction of sp³-hybridized carbons (Fsp3) is 1.00. The van der Waals surface area contributed by atoms with Crippen molar-refractivity contribution in [1.29, 1.82) is 0 Å². The maximum atomic E-state index is 3.67. The van der Waals surface area contributed by atoms with Crippen LogP contribution in [0.3, 0.4) is 0 Å². The van der Waals surface area contributed by atoms with E-state index in [-0.39, 0.29) is 0 Å². The van der Waals surface area contributed by atoms with E-state index in [0.717, 1.165) is 6.04 Å². The minimum absolute atomic E-state index is 0.699. The average Bonchev–Trinajstić information content (AvgIpc) is 3.03. The van der Waals surface area contributed by atoms with Crippen molar-refractivity contribution < 1.29 is 0 Å². The maximum Gasteiger partial charge on any atom is 0.0192 e. The monoisotopic (exact) mass is 210 g/mol. The predicted octanol–water partition coefficient (Wildman–Crippen LogP) is 2.30. The van der Waals surface area contributed by atoms with Crippen molar-refractivity contribution in [3.05, 3.63) is 0 Å². The van der Waals surface area contributed by atoms with Crippen molar-refractivity contribution in [2.45, 2.75) is 57.9 Å². The van der Waals surface area contributed by atoms with Crippen LogP contribution >= 0.6 is 0 Å². The van der Waals surface area contributed by atoms with Crippen molar-refractivity contribution in [1.82, 2.24) is 10.6 Å². The molecule has 1 aliphatic carbocycles. The lowest BCUT2D eigenvalue weighted by Crippen LogP contribution is -2.39. The Morgan fingerprint density at radius 1 is 1.27 bits per heavy atom. The first-order valence-electron chi connectivity index (χ1n) is 6.79. The largest absolute Gasteiger partial charge is 0.315 e. The van der Waals surface area contributed by atoms with Gasteiger partial charge in [0.15, 0.2) is 0 Å². The van der Waals surface area contributed by atoms with Crippen molar-refractivity contribution in [3.8, 4) is 0 Å². The van der Waals surface area contributed by atoms with Crippen LogP contribution in [-0.2, 0) is 0 Å². The second kappa shape index (κ2) is 5.31. The highest BCUT2D eigenvalue weighted by molar-refractivity contribution is 4.93. The van der Waals surface area contributed by atoms with Gasteiger partial charge in [-0.2, -0.15) is 0 Å². The molecule has 2 heteroatoms. The Kier molecular flexibility index (Phi) is 4.04. The van der Waals surface area contributed by atoms with Gasteiger partial charge in [-0.15, -0.1) is 0 Å². The van der Waals surface area contributed by atoms with Crippen LogP contribution in [0.5, 0.6) is 0 Å². The fourth-order valence-corrected chi connectivity index (χ4v) is 2.62. The van der Waals surface area contributed by atoms with Crippen LogP contribution in [0.15, 0.2) is 0 Å². The highest BCUT2D eigenvalue weighted by Crippen LogP contribution is 2.47. The Morgan fingerprint density at radius 3 is 2.87 bits per heavy atom. The molecule has 0 amide bonds. The molecule has 0 aromatic carbocycles. The van der Waals surface area contributed by atoms with E-state index >= 15 is 0 Å². The van der Waals surface area contributed by atoms with Gasteiger partial charge in [-0.3, -0.25) is 0 Å². The zero-order valence-corrected chi connectivity index (χ0v) is 10.1. The lowest BCUT2D eigenvalue weighted by molar-refractivity contribution is 0.405. The van der Waals surface area contributed by atoms with E-state index in [4.69, 9.17) is 0 Å². The van der Waals surface area contributed by atoms with Crippen LogP contribution in [0.1, 0.15) is 51.9 Å². The molecule has 0 spiro atoms. The van der Waals surface area contributed by atoms with Crippen LogP contribution in [0, 0.1) is 5.41 Å². The number of hydrogen-bond acceptors (Lipinski definition) is 2. The zero-order chi connectivity index (χ0) is 10.6. The molecule has 1 atom stereocenters. The first-order valence-corrected chi connectivity index (χ1v) is 6.79. The lowest BCUT2D eigenvalue weighted by atomic mass is 10.0. The smallest absolute Gasteiger partial charge is 0.0192 e. The molecule has 0 aromatic rings. The number of rotatable bonds is 5. The molecule has 2 rings (SSSR count). The predicted molar refractivity (Wildman–Crippen MR) is 65.1 cm³/mol. The maximum absolute atomic E-state index is 3.67. The van der Waals surface area contributed by atoms with Crippen LogP contribution in [-0.4, -0.2) is 25.7 Å². The van der Waals surface area contributed by atoms with E-state index in [2.05, 4.69) is 17.6 Å². The van der Waals surface area contributed by atoms with E-state index in [0.29, 0.717) is 5.41 Å². The molecule has 2 aliphatic rings. The van der Waals surface area contributed by atoms with E-state index in [1.54, 1.807) is 0 Å². The number of hydrogen-bond donors (Lipinski definition) is 2. The van der Waals surface area contributed by atoms with Gasteiger partial charge in [0.2, 0.25) is 0 Å². The molecule has 15 heavy (non-hydrogen) atoms. The molecule has 0 radical (unpaired) electrons. The molecule has 1 unspecified atom stereocenters. The molecule has 2 nitrogen and oxygen atoms in total. The van der Waals surface area contributed by atoms with Crippen LogP contribution in [0.4, 0.5) is 0 Å². The summed E-state index contributed by atoms with van der Waals surface area (Å²) in [5.74, 6) is 0. The Labute approximate surface area is 94.2 Å². The fourth-order valence-electron chi connectivity index (χ4n) is 2.62. The van der Waals surface area contributed by atoms with E-state index in [1.165, 1.54) is 64.6 Å². The molecule has 0 aromatic heterocycles. The number of nitrogens with one attached hydrogen (secondary N) is 2. The van der Waals surface area contributed by atoms with Gasteiger partial charge in [-0.25, -0.2) is 0 Å². The Morgan fingerprint density at radius 2 is 2.13 bits per heavy atom. The van der Waals surface area contributed by atoms with Crippen LogP contribution < -0.4 is 10.6 Å². The summed E-state index contributed by atoms with van der Waals surface area (Å²) in [5.41, 5.74) is 0.699. The first kappa shape index (κ1) is 11.4. The molecule has 1 aliphatic heterocycles. The third-order valence-corrected chi connectivity index (χ3v) is 4.26. The molecular formula is C13H26N2. The van der Waals surface area contributed by atoms with Crippen molar-refractivity contribution in [2.24, 2.45) is 5.41 Å². The Balaban J connectivity index is 1.60. The average molecular weight is 210 g/mol. The standard InChI is InChI=1S/C13H26N2/c1-2-13(7-8-13)11-14-10-12-6-4-3-5-9-15-12/h12,14-15H,2-11H2,1H3. The second-order valence-electron chi connectivity index (χ2n) is 5.48. The van der Waals surface area contributed by atoms with E-state index in [9.17, 15) is 0 Å². The molecule has 1 saturated heterocycles. The molecular weight excluding hydrogens is 184 g/mol. The quantitative estimate of drug-likeness (QED) is 0.727. The minimum atomic E-state index is 0.699. The van der Waals surface area contributed by atoms with E-state index < -0.39 is 0 Å². The normalized spacial score (nSPS) is 29.8. The Bertz CT molecular complexity index is 179. The summed E-state index contributed by atoms with van der Waals surface area (Å²) in [6, 6.07) is 0.736. The third-order valence-electron chi connectivity index (χ3n) is 4.26. The van der Waals surface area contributed by atoms with Crippen molar-refractivity contribution >= 4 is 0 Å². The lowest BCUT2D eigenvalue weighted by Gasteiger charge is -2.19. The first-order chi connectivity index (χ1) is 7.35. The van der Waals surface area contributed by atoms with Gasteiger partial charge in [-0.05, 0) is 44.1 Å². The molecule has 2 N–H and O–H groups in total. The molecule has 0 bridgehead atoms. The van der Waals surface area contributed by atoms with Gasteiger partial charge in [0.1, 0.15) is 0 Å². The SMILES string of the molecule is CCC1(CNCC2CCCCCN2)CC1.